The molecule has 7 heteroatoms. The summed E-state index contributed by atoms with van der Waals surface area (Å²) in [6.07, 6.45) is 3.05. The number of nitrogens with one attached hydrogen (secondary N) is 1. The Morgan fingerprint density at radius 3 is 2.70 bits per heavy atom. The van der Waals surface area contributed by atoms with Gasteiger partial charge in [0.2, 0.25) is 10.0 Å². The molecule has 1 aliphatic rings. The molecular weight excluding hydrogens is 344 g/mol. The van der Waals surface area contributed by atoms with Gasteiger partial charge in [-0.25, -0.2) is 13.1 Å². The van der Waals surface area contributed by atoms with Crippen LogP contribution in [0.2, 0.25) is 0 Å². The maximum Gasteiger partial charge on any atom is 0.245 e. The van der Waals surface area contributed by atoms with E-state index in [1.165, 1.54) is 6.07 Å². The van der Waals surface area contributed by atoms with Crippen LogP contribution in [0.5, 0.6) is 0 Å². The van der Waals surface area contributed by atoms with Gasteiger partial charge in [-0.15, -0.1) is 0 Å². The molecule has 114 valence electrons. The summed E-state index contributed by atoms with van der Waals surface area (Å²) >= 11 is 3.14. The fourth-order valence-electron chi connectivity index (χ4n) is 2.93. The zero-order chi connectivity index (χ0) is 14.9. The normalized spacial score (nSPS) is 27.1. The molecule has 0 aliphatic heterocycles. The highest BCUT2D eigenvalue weighted by Crippen LogP contribution is 2.35. The summed E-state index contributed by atoms with van der Waals surface area (Å²) in [5, 5.41) is 0. The predicted molar refractivity (Wildman–Crippen MR) is 80.6 cm³/mol. The summed E-state index contributed by atoms with van der Waals surface area (Å²) in [6, 6.07) is 1.47. The molecule has 0 aromatic carbocycles. The van der Waals surface area contributed by atoms with Crippen LogP contribution in [0, 0.1) is 11.8 Å². The van der Waals surface area contributed by atoms with Crippen molar-refractivity contribution in [1.29, 1.82) is 0 Å². The van der Waals surface area contributed by atoms with Gasteiger partial charge in [0.15, 0.2) is 4.67 Å². The van der Waals surface area contributed by atoms with E-state index in [0.717, 1.165) is 19.3 Å². The Morgan fingerprint density at radius 2 is 2.20 bits per heavy atom. The van der Waals surface area contributed by atoms with Crippen molar-refractivity contribution < 1.29 is 12.8 Å². The van der Waals surface area contributed by atoms with E-state index in [-0.39, 0.29) is 22.2 Å². The van der Waals surface area contributed by atoms with Crippen molar-refractivity contribution in [2.45, 2.75) is 50.6 Å². The van der Waals surface area contributed by atoms with E-state index in [0.29, 0.717) is 17.6 Å². The van der Waals surface area contributed by atoms with Crippen molar-refractivity contribution in [3.05, 3.63) is 16.5 Å². The number of halogens is 1. The Balaban J connectivity index is 2.17. The molecule has 3 unspecified atom stereocenters. The summed E-state index contributed by atoms with van der Waals surface area (Å²) in [6.45, 7) is 4.44. The lowest BCUT2D eigenvalue weighted by Gasteiger charge is -2.20. The molecule has 3 atom stereocenters. The van der Waals surface area contributed by atoms with Crippen LogP contribution in [0.4, 0.5) is 0 Å². The van der Waals surface area contributed by atoms with E-state index in [9.17, 15) is 8.42 Å². The highest BCUT2D eigenvalue weighted by molar-refractivity contribution is 9.10. The molecule has 0 radical (unpaired) electrons. The average molecular weight is 365 g/mol. The Morgan fingerprint density at radius 1 is 1.50 bits per heavy atom. The van der Waals surface area contributed by atoms with Gasteiger partial charge in [-0.2, -0.15) is 0 Å². The zero-order valence-corrected chi connectivity index (χ0v) is 14.1. The largest absolute Gasteiger partial charge is 0.452 e. The van der Waals surface area contributed by atoms with Crippen molar-refractivity contribution in [2.75, 3.05) is 0 Å². The van der Waals surface area contributed by atoms with Crippen LogP contribution in [0.1, 0.15) is 38.9 Å². The molecule has 20 heavy (non-hydrogen) atoms. The van der Waals surface area contributed by atoms with E-state index in [2.05, 4.69) is 34.5 Å². The van der Waals surface area contributed by atoms with Crippen molar-refractivity contribution >= 4 is 26.0 Å². The van der Waals surface area contributed by atoms with E-state index < -0.39 is 10.0 Å². The Hall–Kier alpha value is -0.370. The van der Waals surface area contributed by atoms with Gasteiger partial charge in [0, 0.05) is 12.1 Å². The maximum atomic E-state index is 12.4. The van der Waals surface area contributed by atoms with Crippen LogP contribution in [0.15, 0.2) is 20.0 Å². The van der Waals surface area contributed by atoms with Gasteiger partial charge < -0.3 is 10.2 Å². The third kappa shape index (κ3) is 3.10. The SMILES string of the molecule is CCC1CCC(NS(=O)(=O)c2cc(CN)oc2Br)C1C. The molecule has 1 fully saturated rings. The van der Waals surface area contributed by atoms with Crippen molar-refractivity contribution in [3.63, 3.8) is 0 Å². The monoisotopic (exact) mass is 364 g/mol. The first-order valence-corrected chi connectivity index (χ1v) is 9.17. The quantitative estimate of drug-likeness (QED) is 0.840. The Kier molecular flexibility index (Phi) is 4.94. The third-order valence-electron chi connectivity index (χ3n) is 4.25. The zero-order valence-electron chi connectivity index (χ0n) is 11.7. The second kappa shape index (κ2) is 6.17. The number of sulfonamides is 1. The maximum absolute atomic E-state index is 12.4. The first-order chi connectivity index (χ1) is 9.39. The lowest BCUT2D eigenvalue weighted by molar-refractivity contribution is 0.368. The van der Waals surface area contributed by atoms with Gasteiger partial charge in [-0.3, -0.25) is 0 Å². The van der Waals surface area contributed by atoms with Gasteiger partial charge >= 0.3 is 0 Å². The second-order valence-corrected chi connectivity index (χ2v) is 7.79. The van der Waals surface area contributed by atoms with Gasteiger partial charge in [-0.05, 0) is 40.6 Å². The van der Waals surface area contributed by atoms with Crippen molar-refractivity contribution in [2.24, 2.45) is 17.6 Å². The van der Waals surface area contributed by atoms with Crippen LogP contribution < -0.4 is 10.5 Å². The molecule has 0 saturated heterocycles. The fraction of sp³-hybridized carbons (Fsp3) is 0.692. The Labute approximate surface area is 128 Å². The smallest absolute Gasteiger partial charge is 0.245 e. The predicted octanol–water partition coefficient (Wildman–Crippen LogP) is 2.60. The lowest BCUT2D eigenvalue weighted by atomic mass is 9.94. The molecule has 1 aromatic rings. The standard InChI is InChI=1S/C13H21BrN2O3S/c1-3-9-4-5-11(8(9)2)16-20(17,18)12-6-10(7-15)19-13(12)14/h6,8-9,11,16H,3-5,7,15H2,1-2H3. The molecule has 0 bridgehead atoms. The minimum Gasteiger partial charge on any atom is -0.452 e. The third-order valence-corrected chi connectivity index (χ3v) is 6.60. The number of hydrogen-bond donors (Lipinski definition) is 2. The highest BCUT2D eigenvalue weighted by Gasteiger charge is 2.35. The molecule has 2 rings (SSSR count). The number of nitrogens with two attached hydrogens (primary N) is 1. The molecule has 1 heterocycles. The highest BCUT2D eigenvalue weighted by atomic mass is 79.9. The van der Waals surface area contributed by atoms with Gasteiger partial charge in [0.1, 0.15) is 10.7 Å². The first kappa shape index (κ1) is 16.0. The molecule has 1 aliphatic carbocycles. The molecule has 0 spiro atoms. The van der Waals surface area contributed by atoms with Crippen LogP contribution in [-0.2, 0) is 16.6 Å². The van der Waals surface area contributed by atoms with E-state index in [4.69, 9.17) is 10.2 Å². The van der Waals surface area contributed by atoms with Crippen LogP contribution in [-0.4, -0.2) is 14.5 Å². The molecule has 5 nitrogen and oxygen atoms in total. The van der Waals surface area contributed by atoms with Gasteiger partial charge in [0.05, 0.1) is 6.54 Å². The molecule has 3 N–H and O–H groups in total. The summed E-state index contributed by atoms with van der Waals surface area (Å²) in [4.78, 5) is 0.130. The summed E-state index contributed by atoms with van der Waals surface area (Å²) in [5.74, 6) is 1.40. The summed E-state index contributed by atoms with van der Waals surface area (Å²) < 4.78 is 33.1. The second-order valence-electron chi connectivity index (χ2n) is 5.39. The Bertz CT molecular complexity index is 570. The van der Waals surface area contributed by atoms with Crippen molar-refractivity contribution in [3.8, 4) is 0 Å². The van der Waals surface area contributed by atoms with Gasteiger partial charge in [0.25, 0.3) is 0 Å². The fourth-order valence-corrected chi connectivity index (χ4v) is 5.29. The number of hydrogen-bond acceptors (Lipinski definition) is 4. The van der Waals surface area contributed by atoms with E-state index in [1.807, 2.05) is 0 Å². The van der Waals surface area contributed by atoms with E-state index >= 15 is 0 Å². The van der Waals surface area contributed by atoms with Crippen molar-refractivity contribution in [1.82, 2.24) is 4.72 Å². The van der Waals surface area contributed by atoms with Crippen LogP contribution in [0.25, 0.3) is 0 Å². The summed E-state index contributed by atoms with van der Waals surface area (Å²) in [5.41, 5.74) is 5.47. The number of furan rings is 1. The minimum absolute atomic E-state index is 0.00641. The first-order valence-electron chi connectivity index (χ1n) is 6.89. The van der Waals surface area contributed by atoms with Crippen LogP contribution in [0.3, 0.4) is 0 Å². The van der Waals surface area contributed by atoms with Crippen LogP contribution >= 0.6 is 15.9 Å². The number of rotatable bonds is 5. The average Bonchev–Trinajstić information content (AvgIpc) is 2.94. The summed E-state index contributed by atoms with van der Waals surface area (Å²) in [7, 11) is -3.57. The minimum atomic E-state index is -3.57. The topological polar surface area (TPSA) is 85.3 Å². The molecule has 0 amide bonds. The lowest BCUT2D eigenvalue weighted by Crippen LogP contribution is -2.37. The molecule has 1 aromatic heterocycles. The molecular formula is C13H21BrN2O3S. The van der Waals surface area contributed by atoms with Gasteiger partial charge in [-0.1, -0.05) is 20.3 Å². The molecule has 1 saturated carbocycles. The van der Waals surface area contributed by atoms with E-state index in [1.54, 1.807) is 0 Å².